The van der Waals surface area contributed by atoms with Crippen molar-refractivity contribution >= 4 is 40.2 Å². The van der Waals surface area contributed by atoms with E-state index in [0.29, 0.717) is 24.1 Å². The Morgan fingerprint density at radius 1 is 1.29 bits per heavy atom. The third-order valence-corrected chi connectivity index (χ3v) is 6.69. The molecule has 3 amide bonds. The Balaban J connectivity index is 1.44. The maximum absolute atomic E-state index is 14.3. The van der Waals surface area contributed by atoms with Crippen LogP contribution in [0.25, 0.3) is 10.9 Å². The minimum Gasteiger partial charge on any atom is -0.351 e. The minimum absolute atomic E-state index is 0.0610. The van der Waals surface area contributed by atoms with Gasteiger partial charge < -0.3 is 20.9 Å². The van der Waals surface area contributed by atoms with Gasteiger partial charge in [0, 0.05) is 16.8 Å². The Morgan fingerprint density at radius 3 is 2.65 bits per heavy atom. The van der Waals surface area contributed by atoms with Crippen molar-refractivity contribution in [1.82, 2.24) is 20.9 Å². The van der Waals surface area contributed by atoms with Gasteiger partial charge >= 0.3 is 0 Å². The van der Waals surface area contributed by atoms with Crippen LogP contribution in [0, 0.1) is 29.0 Å². The number of carbonyl (C=O) groups excluding carboxylic acids is 3. The second-order valence-electron chi connectivity index (χ2n) is 9.91. The monoisotopic (exact) mass is 487 g/mol. The van der Waals surface area contributed by atoms with Crippen molar-refractivity contribution in [3.05, 3.63) is 34.7 Å². The fourth-order valence-corrected chi connectivity index (χ4v) is 4.66. The fourth-order valence-electron chi connectivity index (χ4n) is 4.50. The van der Waals surface area contributed by atoms with E-state index in [9.17, 15) is 24.0 Å². The summed E-state index contributed by atoms with van der Waals surface area (Å²) in [5.74, 6) is -1.87. The van der Waals surface area contributed by atoms with Crippen molar-refractivity contribution in [3.63, 3.8) is 0 Å². The molecule has 34 heavy (non-hydrogen) atoms. The third-order valence-electron chi connectivity index (χ3n) is 6.40. The van der Waals surface area contributed by atoms with Crippen molar-refractivity contribution in [2.24, 2.45) is 11.8 Å². The predicted octanol–water partition coefficient (Wildman–Crippen LogP) is 3.17. The number of benzene rings is 1. The second-order valence-corrected chi connectivity index (χ2v) is 10.3. The van der Waals surface area contributed by atoms with Crippen LogP contribution in [-0.4, -0.2) is 40.3 Å². The summed E-state index contributed by atoms with van der Waals surface area (Å²) in [7, 11) is 0. The van der Waals surface area contributed by atoms with Crippen LogP contribution in [0.3, 0.4) is 0 Å². The Labute approximate surface area is 201 Å². The molecule has 1 aromatic carbocycles. The molecular formula is C24H27ClFN5O3. The summed E-state index contributed by atoms with van der Waals surface area (Å²) in [6.07, 6.45) is 3.14. The molecule has 10 heteroatoms. The molecule has 3 unspecified atom stereocenters. The van der Waals surface area contributed by atoms with Crippen LogP contribution in [0.15, 0.2) is 18.2 Å². The molecule has 1 saturated carbocycles. The van der Waals surface area contributed by atoms with Crippen LogP contribution in [0.1, 0.15) is 56.4 Å². The van der Waals surface area contributed by atoms with Gasteiger partial charge in [0.25, 0.3) is 5.91 Å². The highest BCUT2D eigenvalue weighted by Gasteiger charge is 2.39. The standard InChI is InChI=1S/C24H27ClFN5O3/c1-24(2)10-14(21(32)31-24)8-15(11-27)28-22(33)17(7-12-3-4-12)30-23(34)18-9-13-5-6-16(25)19(26)20(13)29-18/h5-6,9,12,14-15,17,29H,3-4,7-8,10H2,1-2H3,(H,28,33)(H,30,34)(H,31,32). The van der Waals surface area contributed by atoms with E-state index in [1.54, 1.807) is 6.07 Å². The van der Waals surface area contributed by atoms with Crippen molar-refractivity contribution in [3.8, 4) is 6.07 Å². The summed E-state index contributed by atoms with van der Waals surface area (Å²) < 4.78 is 14.3. The first-order valence-electron chi connectivity index (χ1n) is 11.4. The average Bonchev–Trinajstić information content (AvgIpc) is 3.41. The molecule has 2 aliphatic rings. The number of nitrogens with zero attached hydrogens (tertiary/aromatic N) is 1. The zero-order valence-electron chi connectivity index (χ0n) is 19.0. The molecule has 180 valence electrons. The Hall–Kier alpha value is -3.12. The first kappa shape index (κ1) is 24.0. The third kappa shape index (κ3) is 5.33. The Morgan fingerprint density at radius 2 is 2.03 bits per heavy atom. The van der Waals surface area contributed by atoms with Gasteiger partial charge in [-0.2, -0.15) is 5.26 Å². The van der Waals surface area contributed by atoms with E-state index >= 15 is 0 Å². The van der Waals surface area contributed by atoms with Crippen molar-refractivity contribution < 1.29 is 18.8 Å². The lowest BCUT2D eigenvalue weighted by Gasteiger charge is -2.21. The fraction of sp³-hybridized carbons (Fsp3) is 0.500. The number of amides is 3. The molecule has 2 aromatic rings. The summed E-state index contributed by atoms with van der Waals surface area (Å²) in [5.41, 5.74) is -0.132. The molecule has 0 spiro atoms. The molecule has 4 rings (SSSR count). The van der Waals surface area contributed by atoms with E-state index in [-0.39, 0.29) is 40.0 Å². The number of nitriles is 1. The summed E-state index contributed by atoms with van der Waals surface area (Å²) in [6.45, 7) is 3.83. The number of H-pyrrole nitrogens is 1. The zero-order valence-corrected chi connectivity index (χ0v) is 19.8. The van der Waals surface area contributed by atoms with Crippen molar-refractivity contribution in [2.75, 3.05) is 0 Å². The van der Waals surface area contributed by atoms with E-state index < -0.39 is 29.7 Å². The number of halogens is 2. The number of rotatable bonds is 8. The number of fused-ring (bicyclic) bond motifs is 1. The lowest BCUT2D eigenvalue weighted by atomic mass is 9.92. The molecule has 3 atom stereocenters. The Kier molecular flexibility index (Phi) is 6.54. The van der Waals surface area contributed by atoms with E-state index in [1.807, 2.05) is 13.8 Å². The molecular weight excluding hydrogens is 461 g/mol. The van der Waals surface area contributed by atoms with E-state index in [0.717, 1.165) is 12.8 Å². The molecule has 0 radical (unpaired) electrons. The van der Waals surface area contributed by atoms with Crippen molar-refractivity contribution in [1.29, 1.82) is 5.26 Å². The van der Waals surface area contributed by atoms with Crippen LogP contribution in [0.2, 0.25) is 5.02 Å². The quantitative estimate of drug-likeness (QED) is 0.456. The summed E-state index contributed by atoms with van der Waals surface area (Å²) in [6, 6.07) is 4.84. The van der Waals surface area contributed by atoms with Gasteiger partial charge in [-0.05, 0) is 51.2 Å². The van der Waals surface area contributed by atoms with Gasteiger partial charge in [0.05, 0.1) is 16.6 Å². The number of carbonyl (C=O) groups is 3. The predicted molar refractivity (Wildman–Crippen MR) is 124 cm³/mol. The molecule has 1 aromatic heterocycles. The van der Waals surface area contributed by atoms with Gasteiger partial charge in [-0.25, -0.2) is 4.39 Å². The normalized spacial score (nSPS) is 20.9. The smallest absolute Gasteiger partial charge is 0.268 e. The van der Waals surface area contributed by atoms with Gasteiger partial charge in [-0.3, -0.25) is 14.4 Å². The molecule has 2 heterocycles. The van der Waals surface area contributed by atoms with Gasteiger partial charge in [-0.15, -0.1) is 0 Å². The number of aromatic nitrogens is 1. The second kappa shape index (κ2) is 9.26. The van der Waals surface area contributed by atoms with Crippen LogP contribution in [-0.2, 0) is 9.59 Å². The summed E-state index contributed by atoms with van der Waals surface area (Å²) in [4.78, 5) is 40.8. The molecule has 0 bridgehead atoms. The largest absolute Gasteiger partial charge is 0.351 e. The van der Waals surface area contributed by atoms with Gasteiger partial charge in [0.15, 0.2) is 5.82 Å². The first-order valence-corrected chi connectivity index (χ1v) is 11.7. The minimum atomic E-state index is -0.861. The van der Waals surface area contributed by atoms with E-state index in [2.05, 4.69) is 27.0 Å². The summed E-state index contributed by atoms with van der Waals surface area (Å²) in [5, 5.41) is 18.3. The van der Waals surface area contributed by atoms with Crippen LogP contribution >= 0.6 is 11.6 Å². The first-order chi connectivity index (χ1) is 16.1. The number of hydrogen-bond donors (Lipinski definition) is 4. The highest BCUT2D eigenvalue weighted by Crippen LogP contribution is 2.34. The van der Waals surface area contributed by atoms with Crippen LogP contribution in [0.5, 0.6) is 0 Å². The van der Waals surface area contributed by atoms with E-state index in [1.165, 1.54) is 12.1 Å². The van der Waals surface area contributed by atoms with Crippen molar-refractivity contribution in [2.45, 2.75) is 63.6 Å². The van der Waals surface area contributed by atoms with Gasteiger partial charge in [0.2, 0.25) is 11.8 Å². The van der Waals surface area contributed by atoms with Crippen LogP contribution in [0.4, 0.5) is 4.39 Å². The number of nitrogens with one attached hydrogen (secondary N) is 4. The maximum Gasteiger partial charge on any atom is 0.268 e. The molecule has 1 aliphatic heterocycles. The molecule has 4 N–H and O–H groups in total. The average molecular weight is 488 g/mol. The van der Waals surface area contributed by atoms with E-state index in [4.69, 9.17) is 11.6 Å². The molecule has 1 aliphatic carbocycles. The number of aromatic amines is 1. The number of hydrogen-bond acceptors (Lipinski definition) is 4. The maximum atomic E-state index is 14.3. The SMILES string of the molecule is CC1(C)CC(CC(C#N)NC(=O)C(CC2CC2)NC(=O)c2cc3ccc(Cl)c(F)c3[nH]2)C(=O)N1. The molecule has 1 saturated heterocycles. The molecule has 8 nitrogen and oxygen atoms in total. The topological polar surface area (TPSA) is 127 Å². The lowest BCUT2D eigenvalue weighted by molar-refractivity contribution is -0.125. The Bertz CT molecular complexity index is 1180. The summed E-state index contributed by atoms with van der Waals surface area (Å²) >= 11 is 5.81. The highest BCUT2D eigenvalue weighted by molar-refractivity contribution is 6.31. The van der Waals surface area contributed by atoms with Gasteiger partial charge in [0.1, 0.15) is 17.8 Å². The molecule has 2 fully saturated rings. The lowest BCUT2D eigenvalue weighted by Crippen LogP contribution is -2.50. The highest BCUT2D eigenvalue weighted by atomic mass is 35.5. The zero-order chi connectivity index (χ0) is 24.6. The van der Waals surface area contributed by atoms with Crippen LogP contribution < -0.4 is 16.0 Å². The van der Waals surface area contributed by atoms with Gasteiger partial charge in [-0.1, -0.05) is 30.5 Å².